The van der Waals surface area contributed by atoms with Crippen molar-refractivity contribution >= 4 is 23.5 Å². The molecule has 0 aliphatic carbocycles. The Hall–Kier alpha value is -3.37. The van der Waals surface area contributed by atoms with Crippen LogP contribution in [0.3, 0.4) is 0 Å². The minimum atomic E-state index is -4.49. The molecule has 2 aliphatic rings. The summed E-state index contributed by atoms with van der Waals surface area (Å²) in [5.41, 5.74) is 0.113. The molecule has 3 heterocycles. The van der Waals surface area contributed by atoms with Crippen LogP contribution in [0.2, 0.25) is 5.15 Å². The molecule has 0 spiro atoms. The molecule has 1 amide bonds. The topological polar surface area (TPSA) is 67.7 Å². The lowest BCUT2D eigenvalue weighted by atomic mass is 10.0. The van der Waals surface area contributed by atoms with Gasteiger partial charge in [-0.3, -0.25) is 9.69 Å². The number of alkyl halides is 3. The van der Waals surface area contributed by atoms with E-state index in [0.717, 1.165) is 44.4 Å². The van der Waals surface area contributed by atoms with Crippen molar-refractivity contribution in [3.05, 3.63) is 76.6 Å². The van der Waals surface area contributed by atoms with Gasteiger partial charge in [-0.15, -0.1) is 0 Å². The normalized spacial score (nSPS) is 18.7. The molecule has 0 N–H and O–H groups in total. The van der Waals surface area contributed by atoms with Gasteiger partial charge in [0.15, 0.2) is 5.15 Å². The minimum absolute atomic E-state index is 0.0399. The van der Waals surface area contributed by atoms with Crippen molar-refractivity contribution in [2.75, 3.05) is 26.2 Å². The Morgan fingerprint density at radius 2 is 1.75 bits per heavy atom. The Bertz CT molecular complexity index is 1370. The zero-order valence-electron chi connectivity index (χ0n) is 22.0. The highest BCUT2D eigenvalue weighted by Crippen LogP contribution is 2.34. The number of esters is 1. The summed E-state index contributed by atoms with van der Waals surface area (Å²) in [6.45, 7) is 2.27. The fourth-order valence-corrected chi connectivity index (χ4v) is 5.97. The molecule has 2 aliphatic heterocycles. The summed E-state index contributed by atoms with van der Waals surface area (Å²) < 4.78 is 46.7. The third-order valence-electron chi connectivity index (χ3n) is 7.76. The molecule has 7 nitrogen and oxygen atoms in total. The predicted octanol–water partition coefficient (Wildman–Crippen LogP) is 5.69. The van der Waals surface area contributed by atoms with E-state index in [0.29, 0.717) is 25.3 Å². The molecule has 0 saturated carbocycles. The van der Waals surface area contributed by atoms with Crippen LogP contribution in [-0.4, -0.2) is 69.6 Å². The highest BCUT2D eigenvalue weighted by Gasteiger charge is 2.36. The number of carbonyl (C=O) groups is 2. The van der Waals surface area contributed by atoms with Gasteiger partial charge in [0.25, 0.3) is 5.91 Å². The van der Waals surface area contributed by atoms with Crippen molar-refractivity contribution in [1.29, 1.82) is 0 Å². The minimum Gasteiger partial charge on any atom is -0.460 e. The van der Waals surface area contributed by atoms with Gasteiger partial charge in [-0.25, -0.2) is 9.78 Å². The van der Waals surface area contributed by atoms with E-state index in [-0.39, 0.29) is 46.2 Å². The second-order valence-corrected chi connectivity index (χ2v) is 10.6. The zero-order chi connectivity index (χ0) is 28.4. The van der Waals surface area contributed by atoms with Crippen molar-refractivity contribution in [3.8, 4) is 11.4 Å². The molecule has 0 unspecified atom stereocenters. The van der Waals surface area contributed by atoms with Crippen LogP contribution < -0.4 is 0 Å². The van der Waals surface area contributed by atoms with E-state index in [4.69, 9.17) is 16.3 Å². The average molecular weight is 575 g/mol. The zero-order valence-corrected chi connectivity index (χ0v) is 22.8. The summed E-state index contributed by atoms with van der Waals surface area (Å²) in [4.78, 5) is 34.2. The van der Waals surface area contributed by atoms with E-state index in [1.807, 2.05) is 6.07 Å². The van der Waals surface area contributed by atoms with E-state index in [1.165, 1.54) is 16.7 Å². The molecule has 5 rings (SSSR count). The third-order valence-corrected chi connectivity index (χ3v) is 8.03. The Balaban J connectivity index is 1.21. The van der Waals surface area contributed by atoms with Gasteiger partial charge in [0.2, 0.25) is 0 Å². The van der Waals surface area contributed by atoms with Crippen LogP contribution in [0.1, 0.15) is 52.1 Å². The summed E-state index contributed by atoms with van der Waals surface area (Å²) in [6, 6.07) is 14.1. The van der Waals surface area contributed by atoms with Crippen molar-refractivity contribution in [2.24, 2.45) is 7.05 Å². The second kappa shape index (κ2) is 11.6. The van der Waals surface area contributed by atoms with Gasteiger partial charge in [-0.2, -0.15) is 13.2 Å². The molecule has 2 aromatic carbocycles. The standard InChI is InChI=1S/C29H30ClF3N4O3/c1-35-24(25(30)34-26(35)20-9-5-10-21(17-20)29(31,32)33)27(38)36-15-12-22(13-16-36)37-14-6-11-23(37)18-40-28(39)19-7-3-2-4-8-19/h2-5,7-10,17,22-23H,6,11-16,18H2,1H3/t23-/m0/s1. The maximum Gasteiger partial charge on any atom is 0.416 e. The Morgan fingerprint density at radius 3 is 2.45 bits per heavy atom. The number of ether oxygens (including phenoxy) is 1. The molecule has 11 heteroatoms. The number of hydrogen-bond acceptors (Lipinski definition) is 5. The quantitative estimate of drug-likeness (QED) is 0.354. The van der Waals surface area contributed by atoms with Crippen molar-refractivity contribution < 1.29 is 27.5 Å². The van der Waals surface area contributed by atoms with Gasteiger partial charge in [0, 0.05) is 37.8 Å². The highest BCUT2D eigenvalue weighted by molar-refractivity contribution is 6.32. The van der Waals surface area contributed by atoms with Crippen molar-refractivity contribution in [3.63, 3.8) is 0 Å². The SMILES string of the molecule is Cn1c(-c2cccc(C(F)(F)F)c2)nc(Cl)c1C(=O)N1CCC(N2CCC[C@H]2COC(=O)c2ccccc2)CC1. The number of halogens is 4. The van der Waals surface area contributed by atoms with E-state index in [1.54, 1.807) is 36.2 Å². The highest BCUT2D eigenvalue weighted by atomic mass is 35.5. The molecule has 2 saturated heterocycles. The van der Waals surface area contributed by atoms with Gasteiger partial charge < -0.3 is 14.2 Å². The summed E-state index contributed by atoms with van der Waals surface area (Å²) in [5, 5.41) is -0.0399. The van der Waals surface area contributed by atoms with E-state index >= 15 is 0 Å². The second-order valence-electron chi connectivity index (χ2n) is 10.2. The molecule has 0 bridgehead atoms. The summed E-state index contributed by atoms with van der Waals surface area (Å²) >= 11 is 6.35. The molecule has 0 radical (unpaired) electrons. The van der Waals surface area contributed by atoms with Crippen LogP contribution in [-0.2, 0) is 18.0 Å². The van der Waals surface area contributed by atoms with Gasteiger partial charge in [-0.1, -0.05) is 41.9 Å². The fraction of sp³-hybridized carbons (Fsp3) is 0.414. The number of rotatable bonds is 6. The van der Waals surface area contributed by atoms with Gasteiger partial charge in [0.05, 0.1) is 11.1 Å². The Labute approximate surface area is 235 Å². The number of benzene rings is 2. The number of carbonyl (C=O) groups excluding carboxylic acids is 2. The van der Waals surface area contributed by atoms with Crippen LogP contribution in [0.15, 0.2) is 54.6 Å². The summed E-state index contributed by atoms with van der Waals surface area (Å²) in [5.74, 6) is -0.434. The third kappa shape index (κ3) is 5.88. The molecular weight excluding hydrogens is 545 g/mol. The monoisotopic (exact) mass is 574 g/mol. The predicted molar refractivity (Wildman–Crippen MR) is 144 cm³/mol. The maximum atomic E-state index is 13.4. The van der Waals surface area contributed by atoms with E-state index in [2.05, 4.69) is 9.88 Å². The van der Waals surface area contributed by atoms with E-state index < -0.39 is 11.7 Å². The van der Waals surface area contributed by atoms with Gasteiger partial charge in [0.1, 0.15) is 18.1 Å². The first kappa shape index (κ1) is 28.2. The van der Waals surface area contributed by atoms with Crippen molar-refractivity contribution in [2.45, 2.75) is 43.9 Å². The summed E-state index contributed by atoms with van der Waals surface area (Å²) in [6.07, 6.45) is -1.01. The van der Waals surface area contributed by atoms with Crippen LogP contribution in [0.5, 0.6) is 0 Å². The molecule has 3 aromatic rings. The fourth-order valence-electron chi connectivity index (χ4n) is 5.69. The smallest absolute Gasteiger partial charge is 0.416 e. The van der Waals surface area contributed by atoms with Crippen molar-refractivity contribution in [1.82, 2.24) is 19.4 Å². The lowest BCUT2D eigenvalue weighted by Gasteiger charge is -2.39. The number of nitrogens with zero attached hydrogens (tertiary/aromatic N) is 4. The van der Waals surface area contributed by atoms with Gasteiger partial charge in [-0.05, 0) is 56.5 Å². The number of likely N-dealkylation sites (tertiary alicyclic amines) is 2. The molecule has 212 valence electrons. The van der Waals surface area contributed by atoms with Crippen LogP contribution in [0.25, 0.3) is 11.4 Å². The molecular formula is C29H30ClF3N4O3. The number of amides is 1. The molecule has 1 aromatic heterocycles. The van der Waals surface area contributed by atoms with Crippen LogP contribution in [0.4, 0.5) is 13.2 Å². The van der Waals surface area contributed by atoms with Gasteiger partial charge >= 0.3 is 12.1 Å². The molecule has 2 fully saturated rings. The first-order valence-electron chi connectivity index (χ1n) is 13.3. The first-order valence-corrected chi connectivity index (χ1v) is 13.7. The maximum absolute atomic E-state index is 13.4. The first-order chi connectivity index (χ1) is 19.1. The number of aromatic nitrogens is 2. The molecule has 1 atom stereocenters. The lowest BCUT2D eigenvalue weighted by molar-refractivity contribution is -0.137. The summed E-state index contributed by atoms with van der Waals surface area (Å²) in [7, 11) is 1.58. The number of imidazole rings is 1. The lowest BCUT2D eigenvalue weighted by Crippen LogP contribution is -2.49. The average Bonchev–Trinajstić information content (AvgIpc) is 3.55. The Morgan fingerprint density at radius 1 is 1.02 bits per heavy atom. The van der Waals surface area contributed by atoms with E-state index in [9.17, 15) is 22.8 Å². The van der Waals surface area contributed by atoms with Crippen LogP contribution >= 0.6 is 11.6 Å². The van der Waals surface area contributed by atoms with Crippen LogP contribution in [0, 0.1) is 0 Å². The Kier molecular flexibility index (Phi) is 8.19. The number of piperidine rings is 1. The largest absolute Gasteiger partial charge is 0.460 e. The number of hydrogen-bond donors (Lipinski definition) is 0. The molecule has 40 heavy (non-hydrogen) atoms.